The maximum absolute atomic E-state index is 11.2. The van der Waals surface area contributed by atoms with Crippen molar-refractivity contribution in [3.8, 4) is 22.9 Å². The molecule has 1 N–H and O–H groups in total. The summed E-state index contributed by atoms with van der Waals surface area (Å²) in [6.45, 7) is 1.45. The standard InChI is InChI=1S/C15H12N4O2/c1-10(20)17-13-5-3-2-4-12(13)15-19-18-14(21-15)11-6-8-16-9-7-11/h2-9H,1H3,(H,17,20). The number of carbonyl (C=O) groups excluding carboxylic acids is 1. The summed E-state index contributed by atoms with van der Waals surface area (Å²) in [7, 11) is 0. The van der Waals surface area contributed by atoms with Crippen LogP contribution in [0.1, 0.15) is 6.92 Å². The van der Waals surface area contributed by atoms with Crippen molar-refractivity contribution in [2.24, 2.45) is 0 Å². The zero-order valence-electron chi connectivity index (χ0n) is 11.3. The van der Waals surface area contributed by atoms with E-state index in [4.69, 9.17) is 4.42 Å². The number of nitrogens with zero attached hydrogens (tertiary/aromatic N) is 3. The quantitative estimate of drug-likeness (QED) is 0.797. The van der Waals surface area contributed by atoms with Gasteiger partial charge >= 0.3 is 0 Å². The molecule has 0 aliphatic carbocycles. The average Bonchev–Trinajstić information content (AvgIpc) is 2.98. The van der Waals surface area contributed by atoms with Gasteiger partial charge in [0, 0.05) is 24.9 Å². The Labute approximate surface area is 120 Å². The second-order valence-corrected chi connectivity index (χ2v) is 4.38. The van der Waals surface area contributed by atoms with Crippen LogP contribution >= 0.6 is 0 Å². The maximum atomic E-state index is 11.2. The Kier molecular flexibility index (Phi) is 3.42. The summed E-state index contributed by atoms with van der Waals surface area (Å²) in [5.74, 6) is 0.604. The summed E-state index contributed by atoms with van der Waals surface area (Å²) in [6, 6.07) is 10.8. The van der Waals surface area contributed by atoms with Gasteiger partial charge in [-0.25, -0.2) is 0 Å². The first-order valence-electron chi connectivity index (χ1n) is 6.35. The van der Waals surface area contributed by atoms with Crippen molar-refractivity contribution in [1.29, 1.82) is 0 Å². The molecule has 0 bridgehead atoms. The number of rotatable bonds is 3. The highest BCUT2D eigenvalue weighted by Crippen LogP contribution is 2.29. The number of pyridine rings is 1. The van der Waals surface area contributed by atoms with Crippen LogP contribution in [-0.2, 0) is 4.79 Å². The van der Waals surface area contributed by atoms with Crippen molar-refractivity contribution in [1.82, 2.24) is 15.2 Å². The van der Waals surface area contributed by atoms with Crippen LogP contribution in [0.5, 0.6) is 0 Å². The molecule has 1 aromatic carbocycles. The Morgan fingerprint density at radius 3 is 2.52 bits per heavy atom. The molecule has 3 rings (SSSR count). The van der Waals surface area contributed by atoms with Gasteiger partial charge in [0.15, 0.2) is 0 Å². The molecule has 104 valence electrons. The summed E-state index contributed by atoms with van der Waals surface area (Å²) in [4.78, 5) is 15.2. The first-order chi connectivity index (χ1) is 10.2. The number of nitrogens with one attached hydrogen (secondary N) is 1. The number of hydrogen-bond donors (Lipinski definition) is 1. The molecule has 0 aliphatic heterocycles. The van der Waals surface area contributed by atoms with Gasteiger partial charge in [0.25, 0.3) is 0 Å². The predicted octanol–water partition coefficient (Wildman–Crippen LogP) is 2.76. The van der Waals surface area contributed by atoms with Gasteiger partial charge in [-0.2, -0.15) is 0 Å². The van der Waals surface area contributed by atoms with Gasteiger partial charge in [0.1, 0.15) is 0 Å². The van der Waals surface area contributed by atoms with Gasteiger partial charge in [0.2, 0.25) is 17.7 Å². The van der Waals surface area contributed by atoms with Crippen molar-refractivity contribution < 1.29 is 9.21 Å². The van der Waals surface area contributed by atoms with E-state index in [-0.39, 0.29) is 5.91 Å². The van der Waals surface area contributed by atoms with E-state index in [1.807, 2.05) is 18.2 Å². The number of anilines is 1. The van der Waals surface area contributed by atoms with Gasteiger partial charge in [-0.1, -0.05) is 12.1 Å². The second kappa shape index (κ2) is 5.54. The van der Waals surface area contributed by atoms with E-state index in [1.165, 1.54) is 6.92 Å². The Morgan fingerprint density at radius 2 is 1.76 bits per heavy atom. The predicted molar refractivity (Wildman–Crippen MR) is 77.3 cm³/mol. The molecule has 0 atom stereocenters. The van der Waals surface area contributed by atoms with Crippen molar-refractivity contribution >= 4 is 11.6 Å². The van der Waals surface area contributed by atoms with E-state index in [0.29, 0.717) is 23.0 Å². The molecule has 2 heterocycles. The fourth-order valence-electron chi connectivity index (χ4n) is 1.91. The molecule has 6 nitrogen and oxygen atoms in total. The lowest BCUT2D eigenvalue weighted by atomic mass is 10.2. The van der Waals surface area contributed by atoms with Crippen molar-refractivity contribution in [2.75, 3.05) is 5.32 Å². The van der Waals surface area contributed by atoms with E-state index in [9.17, 15) is 4.79 Å². The van der Waals surface area contributed by atoms with Gasteiger partial charge in [-0.3, -0.25) is 9.78 Å². The number of para-hydroxylation sites is 1. The van der Waals surface area contributed by atoms with E-state index in [2.05, 4.69) is 20.5 Å². The van der Waals surface area contributed by atoms with Crippen LogP contribution in [0.25, 0.3) is 22.9 Å². The normalized spacial score (nSPS) is 10.3. The van der Waals surface area contributed by atoms with E-state index >= 15 is 0 Å². The summed E-state index contributed by atoms with van der Waals surface area (Å²) in [5, 5.41) is 10.8. The van der Waals surface area contributed by atoms with Crippen molar-refractivity contribution in [3.63, 3.8) is 0 Å². The molecule has 21 heavy (non-hydrogen) atoms. The van der Waals surface area contributed by atoms with Crippen molar-refractivity contribution in [2.45, 2.75) is 6.92 Å². The third-order valence-electron chi connectivity index (χ3n) is 2.82. The summed E-state index contributed by atoms with van der Waals surface area (Å²) >= 11 is 0. The topological polar surface area (TPSA) is 80.9 Å². The van der Waals surface area contributed by atoms with E-state index in [0.717, 1.165) is 5.56 Å². The molecule has 0 radical (unpaired) electrons. The van der Waals surface area contributed by atoms with Gasteiger partial charge in [0.05, 0.1) is 11.3 Å². The Morgan fingerprint density at radius 1 is 1.05 bits per heavy atom. The maximum Gasteiger partial charge on any atom is 0.250 e. The van der Waals surface area contributed by atoms with Crippen LogP contribution in [-0.4, -0.2) is 21.1 Å². The molecule has 0 saturated heterocycles. The molecule has 1 amide bonds. The van der Waals surface area contributed by atoms with Crippen LogP contribution in [0, 0.1) is 0 Å². The average molecular weight is 280 g/mol. The smallest absolute Gasteiger partial charge is 0.250 e. The highest BCUT2D eigenvalue weighted by molar-refractivity contribution is 5.93. The molecule has 2 aromatic heterocycles. The number of hydrogen-bond acceptors (Lipinski definition) is 5. The first kappa shape index (κ1) is 13.0. The largest absolute Gasteiger partial charge is 0.416 e. The monoisotopic (exact) mass is 280 g/mol. The van der Waals surface area contributed by atoms with E-state index < -0.39 is 0 Å². The number of carbonyl (C=O) groups is 1. The molecule has 3 aromatic rings. The molecule has 0 fully saturated rings. The first-order valence-corrected chi connectivity index (χ1v) is 6.35. The third-order valence-corrected chi connectivity index (χ3v) is 2.82. The van der Waals surface area contributed by atoms with E-state index in [1.54, 1.807) is 30.6 Å². The van der Waals surface area contributed by atoms with Gasteiger partial charge in [-0.05, 0) is 24.3 Å². The summed E-state index contributed by atoms with van der Waals surface area (Å²) in [6.07, 6.45) is 3.31. The Hall–Kier alpha value is -3.02. The Balaban J connectivity index is 1.99. The minimum Gasteiger partial charge on any atom is -0.416 e. The van der Waals surface area contributed by atoms with Crippen LogP contribution in [0.4, 0.5) is 5.69 Å². The Bertz CT molecular complexity index is 768. The lowest BCUT2D eigenvalue weighted by Gasteiger charge is -2.05. The minimum absolute atomic E-state index is 0.156. The molecule has 0 saturated carbocycles. The molecule has 0 aliphatic rings. The SMILES string of the molecule is CC(=O)Nc1ccccc1-c1nnc(-c2ccncc2)o1. The second-order valence-electron chi connectivity index (χ2n) is 4.38. The van der Waals surface area contributed by atoms with Gasteiger partial charge in [-0.15, -0.1) is 10.2 Å². The minimum atomic E-state index is -0.156. The number of benzene rings is 1. The molecular formula is C15H12N4O2. The lowest BCUT2D eigenvalue weighted by Crippen LogP contribution is -2.06. The van der Waals surface area contributed by atoms with Crippen LogP contribution in [0.3, 0.4) is 0 Å². The van der Waals surface area contributed by atoms with Crippen LogP contribution in [0.2, 0.25) is 0 Å². The highest BCUT2D eigenvalue weighted by atomic mass is 16.4. The molecule has 0 unspecified atom stereocenters. The third kappa shape index (κ3) is 2.79. The van der Waals surface area contributed by atoms with Crippen LogP contribution < -0.4 is 5.32 Å². The number of amides is 1. The summed E-state index contributed by atoms with van der Waals surface area (Å²) in [5.41, 5.74) is 2.11. The van der Waals surface area contributed by atoms with Crippen molar-refractivity contribution in [3.05, 3.63) is 48.8 Å². The molecule has 6 heteroatoms. The van der Waals surface area contributed by atoms with Gasteiger partial charge < -0.3 is 9.73 Å². The fourth-order valence-corrected chi connectivity index (χ4v) is 1.91. The zero-order chi connectivity index (χ0) is 14.7. The number of aromatic nitrogens is 3. The summed E-state index contributed by atoms with van der Waals surface area (Å²) < 4.78 is 5.68. The zero-order valence-corrected chi connectivity index (χ0v) is 11.3. The fraction of sp³-hybridized carbons (Fsp3) is 0.0667. The van der Waals surface area contributed by atoms with Crippen LogP contribution in [0.15, 0.2) is 53.2 Å². The molecule has 0 spiro atoms. The molecular weight excluding hydrogens is 268 g/mol. The highest BCUT2D eigenvalue weighted by Gasteiger charge is 2.14. The lowest BCUT2D eigenvalue weighted by molar-refractivity contribution is -0.114.